The summed E-state index contributed by atoms with van der Waals surface area (Å²) in [5.74, 6) is 0.125. The third-order valence-corrected chi connectivity index (χ3v) is 3.68. The van der Waals surface area contributed by atoms with Gasteiger partial charge >= 0.3 is 0 Å². The van der Waals surface area contributed by atoms with Gasteiger partial charge in [-0.15, -0.1) is 0 Å². The van der Waals surface area contributed by atoms with Crippen LogP contribution in [0, 0.1) is 6.92 Å². The first-order chi connectivity index (χ1) is 8.42. The fourth-order valence-electron chi connectivity index (χ4n) is 2.28. The fraction of sp³-hybridized carbons (Fsp3) is 0.500. The molecule has 0 aromatic carbocycles. The summed E-state index contributed by atoms with van der Waals surface area (Å²) in [6, 6.07) is 1.96. The molecule has 0 bridgehead atoms. The maximum absolute atomic E-state index is 11.3. The van der Waals surface area contributed by atoms with Gasteiger partial charge in [0.25, 0.3) is 5.91 Å². The van der Waals surface area contributed by atoms with Crippen molar-refractivity contribution in [2.24, 2.45) is 5.73 Å². The van der Waals surface area contributed by atoms with E-state index in [1.165, 1.54) is 0 Å². The predicted molar refractivity (Wildman–Crippen MR) is 72.3 cm³/mol. The normalized spacial score (nSPS) is 24.1. The molecule has 0 spiro atoms. The molecule has 1 aliphatic heterocycles. The summed E-state index contributed by atoms with van der Waals surface area (Å²) in [5.41, 5.74) is 4.81. The van der Waals surface area contributed by atoms with Gasteiger partial charge in [-0.1, -0.05) is 0 Å². The lowest BCUT2D eigenvalue weighted by Gasteiger charge is -2.38. The molecule has 2 heterocycles. The highest BCUT2D eigenvalue weighted by molar-refractivity contribution is 9.10. The van der Waals surface area contributed by atoms with E-state index in [-0.39, 0.29) is 6.54 Å². The Labute approximate surface area is 114 Å². The van der Waals surface area contributed by atoms with Crippen molar-refractivity contribution in [1.82, 2.24) is 4.98 Å². The first kappa shape index (κ1) is 13.3. The number of carbonyl (C=O) groups is 1. The van der Waals surface area contributed by atoms with E-state index in [4.69, 9.17) is 5.73 Å². The number of pyridine rings is 1. The van der Waals surface area contributed by atoms with Gasteiger partial charge in [-0.3, -0.25) is 4.79 Å². The molecule has 18 heavy (non-hydrogen) atoms. The molecule has 1 aromatic heterocycles. The van der Waals surface area contributed by atoms with Crippen LogP contribution >= 0.6 is 15.9 Å². The molecule has 5 nitrogen and oxygen atoms in total. The highest BCUT2D eigenvalue weighted by Gasteiger charge is 2.39. The smallest absolute Gasteiger partial charge is 0.251 e. The molecule has 1 fully saturated rings. The maximum Gasteiger partial charge on any atom is 0.251 e. The number of rotatable bonds is 2. The lowest BCUT2D eigenvalue weighted by atomic mass is 9.92. The number of β-amino-alcohol motifs (C(OH)–C–C–N with tert-alkyl or cyclic N) is 1. The molecule has 6 heteroatoms. The number of aromatic nitrogens is 1. The highest BCUT2D eigenvalue weighted by Crippen LogP contribution is 2.27. The minimum atomic E-state index is -1.44. The molecule has 2 rings (SSSR count). The van der Waals surface area contributed by atoms with Gasteiger partial charge in [0.05, 0.1) is 6.54 Å². The number of amides is 1. The van der Waals surface area contributed by atoms with E-state index in [9.17, 15) is 9.90 Å². The van der Waals surface area contributed by atoms with Crippen LogP contribution in [0.5, 0.6) is 0 Å². The van der Waals surface area contributed by atoms with Crippen LogP contribution in [0.4, 0.5) is 5.82 Å². The first-order valence-electron chi connectivity index (χ1n) is 5.82. The number of nitrogens with zero attached hydrogens (tertiary/aromatic N) is 2. The van der Waals surface area contributed by atoms with Gasteiger partial charge in [0.2, 0.25) is 0 Å². The Morgan fingerprint density at radius 2 is 2.39 bits per heavy atom. The molecule has 0 radical (unpaired) electrons. The second-order valence-corrected chi connectivity index (χ2v) is 5.63. The van der Waals surface area contributed by atoms with E-state index in [0.717, 1.165) is 28.8 Å². The number of aryl methyl sites for hydroxylation is 1. The molecule has 3 N–H and O–H groups in total. The monoisotopic (exact) mass is 313 g/mol. The summed E-state index contributed by atoms with van der Waals surface area (Å²) in [5, 5.41) is 10.2. The maximum atomic E-state index is 11.3. The second kappa shape index (κ2) is 4.85. The Kier molecular flexibility index (Phi) is 3.59. The molecule has 1 aromatic rings. The molecule has 0 aliphatic carbocycles. The minimum absolute atomic E-state index is 0.206. The highest BCUT2D eigenvalue weighted by atomic mass is 79.9. The van der Waals surface area contributed by atoms with Crippen LogP contribution in [-0.4, -0.2) is 34.7 Å². The lowest BCUT2D eigenvalue weighted by Crippen LogP contribution is -2.56. The summed E-state index contributed by atoms with van der Waals surface area (Å²) in [6.07, 6.45) is 2.84. The van der Waals surface area contributed by atoms with Crippen molar-refractivity contribution in [3.63, 3.8) is 0 Å². The summed E-state index contributed by atoms with van der Waals surface area (Å²) in [4.78, 5) is 17.6. The van der Waals surface area contributed by atoms with Crippen LogP contribution in [0.15, 0.2) is 16.7 Å². The first-order valence-corrected chi connectivity index (χ1v) is 6.61. The van der Waals surface area contributed by atoms with Crippen LogP contribution in [0.2, 0.25) is 0 Å². The zero-order valence-corrected chi connectivity index (χ0v) is 11.8. The Hall–Kier alpha value is -1.14. The fourth-order valence-corrected chi connectivity index (χ4v) is 2.73. The third kappa shape index (κ3) is 2.49. The van der Waals surface area contributed by atoms with Gasteiger partial charge in [-0.25, -0.2) is 4.98 Å². The van der Waals surface area contributed by atoms with Crippen molar-refractivity contribution >= 4 is 27.7 Å². The van der Waals surface area contributed by atoms with Gasteiger partial charge in [0.15, 0.2) is 5.60 Å². The summed E-state index contributed by atoms with van der Waals surface area (Å²) >= 11 is 3.36. The van der Waals surface area contributed by atoms with Gasteiger partial charge in [-0.2, -0.15) is 0 Å². The molecular weight excluding hydrogens is 298 g/mol. The minimum Gasteiger partial charge on any atom is -0.378 e. The Morgan fingerprint density at radius 1 is 1.67 bits per heavy atom. The number of primary amides is 1. The molecule has 1 saturated heterocycles. The SMILES string of the molecule is Cc1cc(Br)cnc1N1CCCC(O)(C(N)=O)C1. The van der Waals surface area contributed by atoms with Crippen molar-refractivity contribution < 1.29 is 9.90 Å². The molecule has 1 atom stereocenters. The predicted octanol–water partition coefficient (Wildman–Crippen LogP) is 0.969. The average molecular weight is 314 g/mol. The number of carbonyl (C=O) groups excluding carboxylic acids is 1. The number of halogens is 1. The topological polar surface area (TPSA) is 79.4 Å². The van der Waals surface area contributed by atoms with Gasteiger partial charge < -0.3 is 15.7 Å². The standard InChI is InChI=1S/C12H16BrN3O2/c1-8-5-9(13)6-15-10(8)16-4-2-3-12(18,7-16)11(14)17/h5-6,18H,2-4,7H2,1H3,(H2,14,17). The van der Waals surface area contributed by atoms with Gasteiger partial charge in [0.1, 0.15) is 5.82 Å². The molecular formula is C12H16BrN3O2. The molecule has 98 valence electrons. The number of piperidine rings is 1. The van der Waals surface area contributed by atoms with E-state index in [1.807, 2.05) is 17.9 Å². The zero-order chi connectivity index (χ0) is 13.3. The van der Waals surface area contributed by atoms with Crippen molar-refractivity contribution in [3.05, 3.63) is 22.3 Å². The van der Waals surface area contributed by atoms with Crippen LogP contribution in [0.3, 0.4) is 0 Å². The van der Waals surface area contributed by atoms with Crippen molar-refractivity contribution in [3.8, 4) is 0 Å². The largest absolute Gasteiger partial charge is 0.378 e. The Balaban J connectivity index is 2.26. The van der Waals surface area contributed by atoms with Crippen LogP contribution in [0.1, 0.15) is 18.4 Å². The van der Waals surface area contributed by atoms with Crippen LogP contribution in [0.25, 0.3) is 0 Å². The quantitative estimate of drug-likeness (QED) is 0.852. The van der Waals surface area contributed by atoms with E-state index < -0.39 is 11.5 Å². The number of aliphatic hydroxyl groups is 1. The van der Waals surface area contributed by atoms with Crippen molar-refractivity contribution in [1.29, 1.82) is 0 Å². The van der Waals surface area contributed by atoms with Crippen LogP contribution < -0.4 is 10.6 Å². The second-order valence-electron chi connectivity index (χ2n) is 4.71. The number of anilines is 1. The van der Waals surface area contributed by atoms with Crippen LogP contribution in [-0.2, 0) is 4.79 Å². The Bertz CT molecular complexity index is 480. The number of hydrogen-bond acceptors (Lipinski definition) is 4. The lowest BCUT2D eigenvalue weighted by molar-refractivity contribution is -0.137. The summed E-state index contributed by atoms with van der Waals surface area (Å²) < 4.78 is 0.908. The molecule has 1 aliphatic rings. The van der Waals surface area contributed by atoms with Crippen molar-refractivity contribution in [2.75, 3.05) is 18.0 Å². The van der Waals surface area contributed by atoms with E-state index >= 15 is 0 Å². The average Bonchev–Trinajstić information content (AvgIpc) is 2.28. The zero-order valence-electron chi connectivity index (χ0n) is 10.2. The van der Waals surface area contributed by atoms with Crippen molar-refractivity contribution in [2.45, 2.75) is 25.4 Å². The molecule has 0 saturated carbocycles. The van der Waals surface area contributed by atoms with Gasteiger partial charge in [0, 0.05) is 17.2 Å². The number of nitrogens with two attached hydrogens (primary N) is 1. The van der Waals surface area contributed by atoms with Gasteiger partial charge in [-0.05, 0) is 47.3 Å². The Morgan fingerprint density at radius 3 is 3.00 bits per heavy atom. The molecule has 1 unspecified atom stereocenters. The van der Waals surface area contributed by atoms with E-state index in [1.54, 1.807) is 6.20 Å². The van der Waals surface area contributed by atoms with E-state index in [2.05, 4.69) is 20.9 Å². The summed E-state index contributed by atoms with van der Waals surface area (Å²) in [7, 11) is 0. The number of hydrogen-bond donors (Lipinski definition) is 2. The van der Waals surface area contributed by atoms with E-state index in [0.29, 0.717) is 6.42 Å². The molecule has 1 amide bonds. The summed E-state index contributed by atoms with van der Waals surface area (Å²) in [6.45, 7) is 2.92. The third-order valence-electron chi connectivity index (χ3n) is 3.25.